The molecule has 0 aromatic heterocycles. The van der Waals surface area contributed by atoms with E-state index in [-0.39, 0.29) is 16.2 Å². The van der Waals surface area contributed by atoms with E-state index in [1.54, 1.807) is 0 Å². The van der Waals surface area contributed by atoms with Crippen molar-refractivity contribution in [1.82, 2.24) is 0 Å². The standard InChI is InChI=1S/C64H51N/c1-62(2)56-23-10-7-20-52(56)55-22-15-21-49(61(55)62)43-28-33-47(34-29-43)65(48-35-37-54-51-19-9-12-25-58(51)64(60(54)41-48)38-13-14-39-64)46-31-26-42(27-32-46)44-30-36-53-50-18-8-11-24-57(50)63(3,59(53)40-44)45-16-5-4-6-17-45/h4-12,15-37,40-41H,13-14,38-39H2,1-3H3. The summed E-state index contributed by atoms with van der Waals surface area (Å²) in [7, 11) is 0. The summed E-state index contributed by atoms with van der Waals surface area (Å²) in [5, 5.41) is 0. The summed E-state index contributed by atoms with van der Waals surface area (Å²) in [5.74, 6) is 0. The number of hydrogen-bond donors (Lipinski definition) is 0. The summed E-state index contributed by atoms with van der Waals surface area (Å²) >= 11 is 0. The largest absolute Gasteiger partial charge is 0.310 e. The van der Waals surface area contributed by atoms with E-state index in [4.69, 9.17) is 0 Å². The van der Waals surface area contributed by atoms with Gasteiger partial charge in [0.1, 0.15) is 0 Å². The summed E-state index contributed by atoms with van der Waals surface area (Å²) in [4.78, 5) is 2.49. The van der Waals surface area contributed by atoms with Crippen LogP contribution in [0, 0.1) is 0 Å². The van der Waals surface area contributed by atoms with Crippen molar-refractivity contribution in [3.63, 3.8) is 0 Å². The highest BCUT2D eigenvalue weighted by atomic mass is 15.1. The molecule has 1 nitrogen and oxygen atoms in total. The van der Waals surface area contributed by atoms with Crippen molar-refractivity contribution in [3.8, 4) is 55.6 Å². The highest BCUT2D eigenvalue weighted by Crippen LogP contribution is 2.59. The van der Waals surface area contributed by atoms with Gasteiger partial charge in [0, 0.05) is 33.3 Å². The Hall–Kier alpha value is -7.22. The first-order valence-electron chi connectivity index (χ1n) is 23.6. The number of anilines is 3. The van der Waals surface area contributed by atoms with Crippen molar-refractivity contribution in [2.24, 2.45) is 0 Å². The van der Waals surface area contributed by atoms with Crippen molar-refractivity contribution in [2.75, 3.05) is 4.90 Å². The molecule has 312 valence electrons. The van der Waals surface area contributed by atoms with E-state index in [0.29, 0.717) is 0 Å². The van der Waals surface area contributed by atoms with Gasteiger partial charge in [-0.2, -0.15) is 0 Å². The van der Waals surface area contributed by atoms with Crippen LogP contribution in [0.1, 0.15) is 85.4 Å². The maximum absolute atomic E-state index is 2.54. The molecule has 0 bridgehead atoms. The third kappa shape index (κ3) is 5.45. The molecule has 0 heterocycles. The molecule has 0 aliphatic heterocycles. The van der Waals surface area contributed by atoms with Crippen LogP contribution in [0.4, 0.5) is 17.1 Å². The molecule has 0 amide bonds. The van der Waals surface area contributed by atoms with E-state index in [1.807, 2.05) is 0 Å². The van der Waals surface area contributed by atoms with Crippen LogP contribution in [0.5, 0.6) is 0 Å². The van der Waals surface area contributed by atoms with Crippen LogP contribution < -0.4 is 4.90 Å². The van der Waals surface area contributed by atoms with E-state index in [1.165, 1.54) is 126 Å². The number of hydrogen-bond acceptors (Lipinski definition) is 1. The molecule has 65 heavy (non-hydrogen) atoms. The van der Waals surface area contributed by atoms with Crippen molar-refractivity contribution in [3.05, 3.63) is 245 Å². The van der Waals surface area contributed by atoms with Gasteiger partial charge in [0.2, 0.25) is 0 Å². The maximum Gasteiger partial charge on any atom is 0.0465 e. The highest BCUT2D eigenvalue weighted by molar-refractivity contribution is 5.91. The van der Waals surface area contributed by atoms with E-state index in [9.17, 15) is 0 Å². The number of fused-ring (bicyclic) bond motifs is 11. The second-order valence-corrected chi connectivity index (χ2v) is 19.7. The molecule has 1 heteroatoms. The third-order valence-electron chi connectivity index (χ3n) is 16.1. The van der Waals surface area contributed by atoms with Crippen molar-refractivity contribution in [2.45, 2.75) is 62.7 Å². The first-order chi connectivity index (χ1) is 31.8. The van der Waals surface area contributed by atoms with Gasteiger partial charge < -0.3 is 4.90 Å². The van der Waals surface area contributed by atoms with Crippen LogP contribution in [0.2, 0.25) is 0 Å². The van der Waals surface area contributed by atoms with Gasteiger partial charge in [-0.1, -0.05) is 190 Å². The van der Waals surface area contributed by atoms with Crippen LogP contribution in [-0.4, -0.2) is 0 Å². The minimum atomic E-state index is -0.241. The van der Waals surface area contributed by atoms with Gasteiger partial charge in [0.05, 0.1) is 0 Å². The van der Waals surface area contributed by atoms with Crippen LogP contribution >= 0.6 is 0 Å². The highest BCUT2D eigenvalue weighted by Gasteiger charge is 2.45. The van der Waals surface area contributed by atoms with Crippen LogP contribution in [0.3, 0.4) is 0 Å². The monoisotopic (exact) mass is 833 g/mol. The van der Waals surface area contributed by atoms with Gasteiger partial charge in [-0.25, -0.2) is 0 Å². The summed E-state index contributed by atoms with van der Waals surface area (Å²) in [5.41, 5.74) is 26.4. The zero-order chi connectivity index (χ0) is 43.5. The Morgan fingerprint density at radius 1 is 0.338 bits per heavy atom. The predicted octanol–water partition coefficient (Wildman–Crippen LogP) is 17.0. The molecule has 13 rings (SSSR count). The van der Waals surface area contributed by atoms with Gasteiger partial charge in [-0.15, -0.1) is 0 Å². The fourth-order valence-electron chi connectivity index (χ4n) is 13.0. The van der Waals surface area contributed by atoms with E-state index in [2.05, 4.69) is 232 Å². The summed E-state index contributed by atoms with van der Waals surface area (Å²) in [6, 6.07) is 78.1. The van der Waals surface area contributed by atoms with Crippen LogP contribution in [0.25, 0.3) is 55.6 Å². The van der Waals surface area contributed by atoms with E-state index < -0.39 is 0 Å². The molecule has 0 radical (unpaired) electrons. The molecule has 4 aliphatic carbocycles. The lowest BCUT2D eigenvalue weighted by atomic mass is 9.74. The van der Waals surface area contributed by atoms with Gasteiger partial charge >= 0.3 is 0 Å². The Kier molecular flexibility index (Phi) is 8.32. The molecule has 1 fully saturated rings. The van der Waals surface area contributed by atoms with Gasteiger partial charge in [-0.05, 0) is 157 Å². The summed E-state index contributed by atoms with van der Waals surface area (Å²) in [6.45, 7) is 7.17. The molecule has 9 aromatic rings. The first-order valence-corrected chi connectivity index (χ1v) is 23.6. The summed E-state index contributed by atoms with van der Waals surface area (Å²) < 4.78 is 0. The smallest absolute Gasteiger partial charge is 0.0465 e. The first kappa shape index (κ1) is 38.3. The van der Waals surface area contributed by atoms with Gasteiger partial charge in [0.25, 0.3) is 0 Å². The van der Waals surface area contributed by atoms with Crippen molar-refractivity contribution < 1.29 is 0 Å². The van der Waals surface area contributed by atoms with Gasteiger partial charge in [-0.3, -0.25) is 0 Å². The molecular weight excluding hydrogens is 783 g/mol. The fourth-order valence-corrected chi connectivity index (χ4v) is 13.0. The van der Waals surface area contributed by atoms with Gasteiger partial charge in [0.15, 0.2) is 0 Å². The van der Waals surface area contributed by atoms with E-state index >= 15 is 0 Å². The lowest BCUT2D eigenvalue weighted by molar-refractivity contribution is 0.550. The SMILES string of the molecule is CC1(C)c2ccccc2-c2cccc(-c3ccc(N(c4ccc(-c5ccc6c(c5)C(C)(c5ccccc5)c5ccccc5-6)cc4)c4ccc5c(c4)C4(CCCC4)c4ccccc4-5)cc3)c21. The molecule has 1 atom stereocenters. The topological polar surface area (TPSA) is 3.24 Å². The average molecular weight is 834 g/mol. The average Bonchev–Trinajstić information content (AvgIpc) is 4.09. The molecule has 9 aromatic carbocycles. The number of nitrogens with zero attached hydrogens (tertiary/aromatic N) is 1. The molecule has 1 unspecified atom stereocenters. The van der Waals surface area contributed by atoms with Crippen LogP contribution in [-0.2, 0) is 16.2 Å². The Bertz CT molecular complexity index is 3350. The lowest BCUT2D eigenvalue weighted by Crippen LogP contribution is -2.22. The minimum Gasteiger partial charge on any atom is -0.310 e. The minimum absolute atomic E-state index is 0.0842. The Morgan fingerprint density at radius 3 is 1.54 bits per heavy atom. The number of rotatable bonds is 6. The molecule has 1 saturated carbocycles. The number of benzene rings is 9. The third-order valence-corrected chi connectivity index (χ3v) is 16.1. The quantitative estimate of drug-likeness (QED) is 0.161. The Morgan fingerprint density at radius 2 is 0.831 bits per heavy atom. The molecule has 0 N–H and O–H groups in total. The second-order valence-electron chi connectivity index (χ2n) is 19.7. The Labute approximate surface area is 383 Å². The zero-order valence-electron chi connectivity index (χ0n) is 37.4. The predicted molar refractivity (Wildman–Crippen MR) is 272 cm³/mol. The fraction of sp³-hybridized carbons (Fsp3) is 0.156. The molecule has 4 aliphatic rings. The van der Waals surface area contributed by atoms with Crippen molar-refractivity contribution >= 4 is 17.1 Å². The summed E-state index contributed by atoms with van der Waals surface area (Å²) in [6.07, 6.45) is 4.96. The van der Waals surface area contributed by atoms with Crippen molar-refractivity contribution in [1.29, 1.82) is 0 Å². The Balaban J connectivity index is 0.921. The normalized spacial score (nSPS) is 17.5. The lowest BCUT2D eigenvalue weighted by Gasteiger charge is -2.30. The maximum atomic E-state index is 2.54. The second kappa shape index (κ2) is 14.1. The molecule has 0 saturated heterocycles. The van der Waals surface area contributed by atoms with E-state index in [0.717, 1.165) is 11.4 Å². The molecule has 1 spiro atoms. The van der Waals surface area contributed by atoms with Crippen LogP contribution in [0.15, 0.2) is 206 Å². The zero-order valence-corrected chi connectivity index (χ0v) is 37.4. The molecular formula is C64H51N.